The van der Waals surface area contributed by atoms with Crippen molar-refractivity contribution < 1.29 is 13.9 Å². The van der Waals surface area contributed by atoms with Gasteiger partial charge in [0.05, 0.1) is 24.6 Å². The van der Waals surface area contributed by atoms with Crippen molar-refractivity contribution in [2.24, 2.45) is 0 Å². The molecular weight excluding hydrogens is 432 g/mol. The van der Waals surface area contributed by atoms with E-state index in [1.54, 1.807) is 37.6 Å². The summed E-state index contributed by atoms with van der Waals surface area (Å²) < 4.78 is 12.2. The maximum absolute atomic E-state index is 12.9. The van der Waals surface area contributed by atoms with Crippen molar-refractivity contribution in [3.8, 4) is 28.5 Å². The van der Waals surface area contributed by atoms with E-state index in [2.05, 4.69) is 26.2 Å². The van der Waals surface area contributed by atoms with Gasteiger partial charge in [0.25, 0.3) is 5.91 Å². The van der Waals surface area contributed by atoms with Crippen molar-refractivity contribution in [2.75, 3.05) is 12.4 Å². The fourth-order valence-electron chi connectivity index (χ4n) is 2.95. The first-order valence-corrected chi connectivity index (χ1v) is 9.70. The van der Waals surface area contributed by atoms with Crippen LogP contribution in [0, 0.1) is 0 Å². The largest absolute Gasteiger partial charge is 0.495 e. The number of nitrogens with zero attached hydrogens (tertiary/aromatic N) is 1. The number of oxazole rings is 1. The fraction of sp³-hybridized carbons (Fsp3) is 0.0435. The van der Waals surface area contributed by atoms with Crippen LogP contribution in [0.5, 0.6) is 5.75 Å². The lowest BCUT2D eigenvalue weighted by Crippen LogP contribution is -2.13. The van der Waals surface area contributed by atoms with E-state index in [-0.39, 0.29) is 5.91 Å². The SMILES string of the molecule is COc1ccccc1NC(=O)c1ccccc1-c1ncc(-c2ccc(Br)cc2)o1. The highest BCUT2D eigenvalue weighted by atomic mass is 79.9. The van der Waals surface area contributed by atoms with Crippen LogP contribution in [0.15, 0.2) is 87.9 Å². The molecule has 4 aromatic rings. The van der Waals surface area contributed by atoms with E-state index in [4.69, 9.17) is 9.15 Å². The minimum Gasteiger partial charge on any atom is -0.495 e. The van der Waals surface area contributed by atoms with Gasteiger partial charge in [-0.2, -0.15) is 0 Å². The van der Waals surface area contributed by atoms with Crippen molar-refractivity contribution in [2.45, 2.75) is 0 Å². The number of carbonyl (C=O) groups excluding carboxylic acids is 1. The molecule has 1 N–H and O–H groups in total. The highest BCUT2D eigenvalue weighted by Gasteiger charge is 2.18. The number of methoxy groups -OCH3 is 1. The highest BCUT2D eigenvalue weighted by molar-refractivity contribution is 9.10. The van der Waals surface area contributed by atoms with Gasteiger partial charge in [-0.05, 0) is 36.4 Å². The van der Waals surface area contributed by atoms with Crippen molar-refractivity contribution >= 4 is 27.5 Å². The minimum atomic E-state index is -0.270. The molecule has 0 spiro atoms. The summed E-state index contributed by atoms with van der Waals surface area (Å²) in [7, 11) is 1.56. The average Bonchev–Trinajstić information content (AvgIpc) is 3.25. The van der Waals surface area contributed by atoms with Crippen LogP contribution in [0.4, 0.5) is 5.69 Å². The Bertz CT molecular complexity index is 1150. The van der Waals surface area contributed by atoms with E-state index < -0.39 is 0 Å². The van der Waals surface area contributed by atoms with E-state index in [1.807, 2.05) is 48.5 Å². The molecule has 6 heteroatoms. The summed E-state index contributed by atoms with van der Waals surface area (Å²) in [6.45, 7) is 0. The number of aromatic nitrogens is 1. The van der Waals surface area contributed by atoms with Gasteiger partial charge in [0.1, 0.15) is 5.75 Å². The second-order valence-electron chi connectivity index (χ2n) is 6.24. The Morgan fingerprint density at radius 2 is 1.72 bits per heavy atom. The van der Waals surface area contributed by atoms with E-state index in [0.29, 0.717) is 34.2 Å². The molecule has 0 atom stereocenters. The van der Waals surface area contributed by atoms with Gasteiger partial charge in [-0.25, -0.2) is 4.98 Å². The second kappa shape index (κ2) is 8.32. The Morgan fingerprint density at radius 1 is 1.00 bits per heavy atom. The predicted octanol–water partition coefficient (Wildman–Crippen LogP) is 6.03. The Labute approximate surface area is 176 Å². The average molecular weight is 449 g/mol. The Kier molecular flexibility index (Phi) is 5.44. The molecule has 0 radical (unpaired) electrons. The van der Waals surface area contributed by atoms with E-state index in [0.717, 1.165) is 10.0 Å². The Morgan fingerprint density at radius 3 is 2.52 bits per heavy atom. The lowest BCUT2D eigenvalue weighted by atomic mass is 10.1. The number of rotatable bonds is 5. The smallest absolute Gasteiger partial charge is 0.256 e. The third-order valence-corrected chi connectivity index (χ3v) is 4.92. The summed E-state index contributed by atoms with van der Waals surface area (Å²) in [4.78, 5) is 17.3. The van der Waals surface area contributed by atoms with Crippen molar-refractivity contribution in [3.63, 3.8) is 0 Å². The zero-order chi connectivity index (χ0) is 20.2. The van der Waals surface area contributed by atoms with Crippen LogP contribution < -0.4 is 10.1 Å². The number of halogens is 1. The maximum atomic E-state index is 12.9. The highest BCUT2D eigenvalue weighted by Crippen LogP contribution is 2.30. The third kappa shape index (κ3) is 4.07. The first-order chi connectivity index (χ1) is 14.2. The predicted molar refractivity (Wildman–Crippen MR) is 116 cm³/mol. The van der Waals surface area contributed by atoms with Gasteiger partial charge >= 0.3 is 0 Å². The van der Waals surface area contributed by atoms with Crippen molar-refractivity contribution in [1.82, 2.24) is 4.98 Å². The topological polar surface area (TPSA) is 64.4 Å². The molecule has 5 nitrogen and oxygen atoms in total. The Hall–Kier alpha value is -3.38. The van der Waals surface area contributed by atoms with Crippen LogP contribution in [0.1, 0.15) is 10.4 Å². The molecule has 0 saturated carbocycles. The normalized spacial score (nSPS) is 10.6. The number of benzene rings is 3. The number of ether oxygens (including phenoxy) is 1. The zero-order valence-corrected chi connectivity index (χ0v) is 17.1. The molecule has 1 amide bonds. The molecule has 0 fully saturated rings. The lowest BCUT2D eigenvalue weighted by Gasteiger charge is -2.11. The molecule has 0 aliphatic rings. The molecule has 0 aliphatic carbocycles. The molecule has 0 saturated heterocycles. The van der Waals surface area contributed by atoms with Crippen LogP contribution in [-0.2, 0) is 0 Å². The number of carbonyl (C=O) groups is 1. The fourth-order valence-corrected chi connectivity index (χ4v) is 3.22. The van der Waals surface area contributed by atoms with Gasteiger partial charge in [-0.1, -0.05) is 52.3 Å². The number of hydrogen-bond donors (Lipinski definition) is 1. The van der Waals surface area contributed by atoms with Crippen LogP contribution in [-0.4, -0.2) is 18.0 Å². The molecule has 3 aromatic carbocycles. The molecule has 1 heterocycles. The summed E-state index contributed by atoms with van der Waals surface area (Å²) in [6, 6.07) is 22.2. The van der Waals surface area contributed by atoms with Crippen LogP contribution in [0.25, 0.3) is 22.8 Å². The van der Waals surface area contributed by atoms with Crippen LogP contribution >= 0.6 is 15.9 Å². The number of anilines is 1. The molecular formula is C23H17BrN2O3. The summed E-state index contributed by atoms with van der Waals surface area (Å²) in [5.41, 5.74) is 2.58. The number of amides is 1. The van der Waals surface area contributed by atoms with Gasteiger partial charge in [-0.3, -0.25) is 4.79 Å². The first kappa shape index (κ1) is 19.0. The third-order valence-electron chi connectivity index (χ3n) is 4.39. The van der Waals surface area contributed by atoms with Gasteiger partial charge < -0.3 is 14.5 Å². The van der Waals surface area contributed by atoms with E-state index >= 15 is 0 Å². The summed E-state index contributed by atoms with van der Waals surface area (Å²) in [5, 5.41) is 2.89. The standard InChI is InChI=1S/C23H17BrN2O3/c1-28-20-9-5-4-8-19(20)26-22(27)17-6-2-3-7-18(17)23-25-14-21(29-23)15-10-12-16(24)13-11-15/h2-14H,1H3,(H,26,27). The summed E-state index contributed by atoms with van der Waals surface area (Å²) in [5.74, 6) is 1.33. The van der Waals surface area contributed by atoms with Gasteiger partial charge in [0.2, 0.25) is 5.89 Å². The monoisotopic (exact) mass is 448 g/mol. The molecule has 0 unspecified atom stereocenters. The van der Waals surface area contributed by atoms with Gasteiger partial charge in [0.15, 0.2) is 5.76 Å². The van der Waals surface area contributed by atoms with E-state index in [1.165, 1.54) is 0 Å². The minimum absolute atomic E-state index is 0.270. The maximum Gasteiger partial charge on any atom is 0.256 e. The summed E-state index contributed by atoms with van der Waals surface area (Å²) in [6.07, 6.45) is 1.66. The number of hydrogen-bond acceptors (Lipinski definition) is 4. The van der Waals surface area contributed by atoms with Crippen molar-refractivity contribution in [1.29, 1.82) is 0 Å². The molecule has 144 valence electrons. The molecule has 0 bridgehead atoms. The quantitative estimate of drug-likeness (QED) is 0.404. The molecule has 0 aliphatic heterocycles. The van der Waals surface area contributed by atoms with Crippen LogP contribution in [0.3, 0.4) is 0 Å². The Balaban J connectivity index is 1.65. The number of para-hydroxylation sites is 2. The second-order valence-corrected chi connectivity index (χ2v) is 7.15. The van der Waals surface area contributed by atoms with Gasteiger partial charge in [0, 0.05) is 15.6 Å². The van der Waals surface area contributed by atoms with Crippen LogP contribution in [0.2, 0.25) is 0 Å². The molecule has 29 heavy (non-hydrogen) atoms. The lowest BCUT2D eigenvalue weighted by molar-refractivity contribution is 0.102. The number of nitrogens with one attached hydrogen (secondary N) is 1. The van der Waals surface area contributed by atoms with Gasteiger partial charge in [-0.15, -0.1) is 0 Å². The van der Waals surface area contributed by atoms with Crippen molar-refractivity contribution in [3.05, 3.63) is 89.0 Å². The first-order valence-electron chi connectivity index (χ1n) is 8.91. The molecule has 1 aromatic heterocycles. The van der Waals surface area contributed by atoms with E-state index in [9.17, 15) is 4.79 Å². The molecule has 4 rings (SSSR count). The zero-order valence-electron chi connectivity index (χ0n) is 15.6. The summed E-state index contributed by atoms with van der Waals surface area (Å²) >= 11 is 3.42.